The highest BCUT2D eigenvalue weighted by Crippen LogP contribution is 2.33. The van der Waals surface area contributed by atoms with Gasteiger partial charge in [-0.15, -0.1) is 12.4 Å². The van der Waals surface area contributed by atoms with Gasteiger partial charge in [0.15, 0.2) is 11.5 Å². The maximum atomic E-state index is 12.7. The fourth-order valence-electron chi connectivity index (χ4n) is 3.26. The van der Waals surface area contributed by atoms with Gasteiger partial charge in [-0.05, 0) is 41.7 Å². The molecule has 6 heteroatoms. The number of nitrogens with two attached hydrogens (primary N) is 1. The maximum Gasteiger partial charge on any atom is 0.240 e. The van der Waals surface area contributed by atoms with Gasteiger partial charge in [-0.25, -0.2) is 0 Å². The Bertz CT molecular complexity index is 752. The van der Waals surface area contributed by atoms with E-state index in [1.54, 1.807) is 14.2 Å². The third kappa shape index (κ3) is 4.29. The monoisotopic (exact) mass is 376 g/mol. The zero-order valence-corrected chi connectivity index (χ0v) is 15.9. The first-order valence-electron chi connectivity index (χ1n) is 8.44. The van der Waals surface area contributed by atoms with Crippen LogP contribution in [-0.2, 0) is 24.2 Å². The summed E-state index contributed by atoms with van der Waals surface area (Å²) in [5, 5.41) is 0. The van der Waals surface area contributed by atoms with E-state index in [1.807, 2.05) is 47.4 Å². The molecule has 1 heterocycles. The Kier molecular flexibility index (Phi) is 6.89. The number of hydrogen-bond acceptors (Lipinski definition) is 4. The van der Waals surface area contributed by atoms with Crippen molar-refractivity contribution >= 4 is 18.3 Å². The van der Waals surface area contributed by atoms with Crippen LogP contribution < -0.4 is 15.2 Å². The van der Waals surface area contributed by atoms with Crippen LogP contribution in [0.5, 0.6) is 11.5 Å². The van der Waals surface area contributed by atoms with Crippen LogP contribution in [0.4, 0.5) is 0 Å². The second-order valence-electron chi connectivity index (χ2n) is 6.28. The molecule has 0 saturated heterocycles. The molecule has 1 amide bonds. The minimum atomic E-state index is -0.524. The van der Waals surface area contributed by atoms with E-state index in [2.05, 4.69) is 0 Å². The summed E-state index contributed by atoms with van der Waals surface area (Å²) >= 11 is 0. The van der Waals surface area contributed by atoms with Crippen molar-refractivity contribution in [3.63, 3.8) is 0 Å². The lowest BCUT2D eigenvalue weighted by molar-refractivity contribution is -0.133. The van der Waals surface area contributed by atoms with E-state index in [4.69, 9.17) is 15.2 Å². The first-order chi connectivity index (χ1) is 12.1. The molecule has 3 rings (SSSR count). The van der Waals surface area contributed by atoms with Crippen molar-refractivity contribution in [2.24, 2.45) is 5.73 Å². The Morgan fingerprint density at radius 2 is 1.73 bits per heavy atom. The third-order valence-electron chi connectivity index (χ3n) is 4.65. The molecular weight excluding hydrogens is 352 g/mol. The van der Waals surface area contributed by atoms with Gasteiger partial charge in [0.05, 0.1) is 20.3 Å². The number of carbonyl (C=O) groups is 1. The number of carbonyl (C=O) groups excluding carboxylic acids is 1. The topological polar surface area (TPSA) is 64.8 Å². The average Bonchev–Trinajstić information content (AvgIpc) is 2.66. The quantitative estimate of drug-likeness (QED) is 0.871. The first kappa shape index (κ1) is 20.1. The number of methoxy groups -OCH3 is 2. The standard InChI is InChI=1S/C20H24N2O3.ClH/c1-24-18-11-15-8-9-22(13-16(15)12-19(18)25-2)20(23)17(21)10-14-6-4-3-5-7-14;/h3-7,11-12,17H,8-10,13,21H2,1-2H3;1H/t17-;/m0./s1. The number of fused-ring (bicyclic) bond motifs is 1. The van der Waals surface area contributed by atoms with Gasteiger partial charge in [-0.3, -0.25) is 4.79 Å². The van der Waals surface area contributed by atoms with Crippen molar-refractivity contribution < 1.29 is 14.3 Å². The van der Waals surface area contributed by atoms with Gasteiger partial charge in [0.25, 0.3) is 0 Å². The van der Waals surface area contributed by atoms with Gasteiger partial charge in [-0.2, -0.15) is 0 Å². The summed E-state index contributed by atoms with van der Waals surface area (Å²) in [6.45, 7) is 1.22. The number of benzene rings is 2. The number of rotatable bonds is 5. The van der Waals surface area contributed by atoms with Crippen LogP contribution in [-0.4, -0.2) is 37.6 Å². The minimum Gasteiger partial charge on any atom is -0.493 e. The molecule has 2 N–H and O–H groups in total. The van der Waals surface area contributed by atoms with E-state index in [-0.39, 0.29) is 18.3 Å². The number of halogens is 1. The van der Waals surface area contributed by atoms with Crippen LogP contribution in [0.25, 0.3) is 0 Å². The van der Waals surface area contributed by atoms with E-state index >= 15 is 0 Å². The van der Waals surface area contributed by atoms with E-state index < -0.39 is 6.04 Å². The van der Waals surface area contributed by atoms with E-state index in [9.17, 15) is 4.79 Å². The molecule has 0 aromatic heterocycles. The van der Waals surface area contributed by atoms with Crippen molar-refractivity contribution in [2.45, 2.75) is 25.4 Å². The lowest BCUT2D eigenvalue weighted by Crippen LogP contribution is -2.46. The summed E-state index contributed by atoms with van der Waals surface area (Å²) in [7, 11) is 3.25. The summed E-state index contributed by atoms with van der Waals surface area (Å²) in [5.74, 6) is 1.40. The van der Waals surface area contributed by atoms with Gasteiger partial charge in [0.2, 0.25) is 5.91 Å². The molecule has 0 spiro atoms. The Hall–Kier alpha value is -2.24. The van der Waals surface area contributed by atoms with Crippen molar-refractivity contribution in [1.29, 1.82) is 0 Å². The Labute approximate surface area is 160 Å². The lowest BCUT2D eigenvalue weighted by atomic mass is 9.97. The van der Waals surface area contributed by atoms with Crippen LogP contribution in [0, 0.1) is 0 Å². The molecule has 26 heavy (non-hydrogen) atoms. The molecule has 1 atom stereocenters. The van der Waals surface area contributed by atoms with Crippen LogP contribution >= 0.6 is 12.4 Å². The molecule has 0 bridgehead atoms. The van der Waals surface area contributed by atoms with E-state index in [0.29, 0.717) is 25.3 Å². The summed E-state index contributed by atoms with van der Waals surface area (Å²) in [6, 6.07) is 13.3. The number of nitrogens with zero attached hydrogens (tertiary/aromatic N) is 1. The minimum absolute atomic E-state index is 0. The largest absolute Gasteiger partial charge is 0.493 e. The van der Waals surface area contributed by atoms with Crippen LogP contribution in [0.3, 0.4) is 0 Å². The van der Waals surface area contributed by atoms with E-state index in [0.717, 1.165) is 23.3 Å². The third-order valence-corrected chi connectivity index (χ3v) is 4.65. The summed E-state index contributed by atoms with van der Waals surface area (Å²) < 4.78 is 10.7. The highest BCUT2D eigenvalue weighted by Gasteiger charge is 2.26. The Morgan fingerprint density at radius 3 is 2.35 bits per heavy atom. The molecule has 140 valence electrons. The van der Waals surface area contributed by atoms with Crippen molar-refractivity contribution in [2.75, 3.05) is 20.8 Å². The molecule has 0 fully saturated rings. The van der Waals surface area contributed by atoms with E-state index in [1.165, 1.54) is 5.56 Å². The zero-order valence-electron chi connectivity index (χ0n) is 15.1. The zero-order chi connectivity index (χ0) is 17.8. The number of hydrogen-bond donors (Lipinski definition) is 1. The van der Waals surface area contributed by atoms with Crippen molar-refractivity contribution in [3.8, 4) is 11.5 Å². The smallest absolute Gasteiger partial charge is 0.240 e. The maximum absolute atomic E-state index is 12.7. The number of amides is 1. The Morgan fingerprint density at radius 1 is 1.12 bits per heavy atom. The SMILES string of the molecule is COc1cc2c(cc1OC)CN(C(=O)[C@@H](N)Cc1ccccc1)CC2.Cl. The molecule has 1 aliphatic rings. The van der Waals surface area contributed by atoms with Gasteiger partial charge in [0.1, 0.15) is 0 Å². The molecule has 0 radical (unpaired) electrons. The fraction of sp³-hybridized carbons (Fsp3) is 0.350. The highest BCUT2D eigenvalue weighted by molar-refractivity contribution is 5.85. The van der Waals surface area contributed by atoms with Gasteiger partial charge < -0.3 is 20.1 Å². The normalized spacial score (nSPS) is 14.0. The average molecular weight is 377 g/mol. The molecule has 2 aromatic carbocycles. The summed E-state index contributed by atoms with van der Waals surface area (Å²) in [4.78, 5) is 14.6. The molecule has 0 aliphatic carbocycles. The molecular formula is C20H25ClN2O3. The Balaban J connectivity index is 0.00000243. The summed E-state index contributed by atoms with van der Waals surface area (Å²) in [5.41, 5.74) is 9.52. The molecule has 0 unspecified atom stereocenters. The van der Waals surface area contributed by atoms with Gasteiger partial charge in [0, 0.05) is 13.1 Å². The van der Waals surface area contributed by atoms with Crippen LogP contribution in [0.15, 0.2) is 42.5 Å². The second kappa shape index (κ2) is 8.92. The van der Waals surface area contributed by atoms with Gasteiger partial charge >= 0.3 is 0 Å². The molecule has 1 aliphatic heterocycles. The van der Waals surface area contributed by atoms with Crippen LogP contribution in [0.1, 0.15) is 16.7 Å². The lowest BCUT2D eigenvalue weighted by Gasteiger charge is -2.31. The first-order valence-corrected chi connectivity index (χ1v) is 8.44. The molecule has 0 saturated carbocycles. The number of ether oxygens (including phenoxy) is 2. The second-order valence-corrected chi connectivity index (χ2v) is 6.28. The fourth-order valence-corrected chi connectivity index (χ4v) is 3.26. The predicted octanol–water partition coefficient (Wildman–Crippen LogP) is 2.58. The molecule has 5 nitrogen and oxygen atoms in total. The van der Waals surface area contributed by atoms with Gasteiger partial charge in [-0.1, -0.05) is 30.3 Å². The molecule has 2 aromatic rings. The van der Waals surface area contributed by atoms with Crippen LogP contribution in [0.2, 0.25) is 0 Å². The summed E-state index contributed by atoms with van der Waals surface area (Å²) in [6.07, 6.45) is 1.34. The highest BCUT2D eigenvalue weighted by atomic mass is 35.5. The van der Waals surface area contributed by atoms with Crippen molar-refractivity contribution in [1.82, 2.24) is 4.90 Å². The van der Waals surface area contributed by atoms with Crippen molar-refractivity contribution in [3.05, 3.63) is 59.2 Å². The predicted molar refractivity (Wildman–Crippen MR) is 104 cm³/mol.